The van der Waals surface area contributed by atoms with Crippen molar-refractivity contribution in [2.45, 2.75) is 25.4 Å². The molecule has 0 unspecified atom stereocenters. The van der Waals surface area contributed by atoms with Crippen LogP contribution in [0.4, 0.5) is 4.39 Å². The van der Waals surface area contributed by atoms with Crippen LogP contribution >= 0.6 is 11.6 Å². The molecule has 2 heterocycles. The lowest BCUT2D eigenvalue weighted by Gasteiger charge is -2.32. The first-order valence-corrected chi connectivity index (χ1v) is 12.4. The summed E-state index contributed by atoms with van der Waals surface area (Å²) in [5, 5.41) is 12.8. The molecule has 0 amide bonds. The van der Waals surface area contributed by atoms with Crippen LogP contribution < -0.4 is 5.32 Å². The van der Waals surface area contributed by atoms with Crippen LogP contribution in [0.15, 0.2) is 83.3 Å². The minimum absolute atomic E-state index is 0.290. The standard InChI is InChI=1S/C28H28ClFN4O/c29-23-12-10-21(11-13-23)19-34-16-14-20(15-17-34)18-31-26(24-8-4-5-9-25(24)30)28-33-32-27(35-28)22-6-2-1-3-7-22/h1-13,20,26,31H,14-19H2/t26-/m0/s1. The number of piperidine rings is 1. The van der Waals surface area contributed by atoms with Gasteiger partial charge in [-0.3, -0.25) is 4.90 Å². The average molecular weight is 491 g/mol. The molecular weight excluding hydrogens is 463 g/mol. The minimum Gasteiger partial charge on any atom is -0.419 e. The molecule has 5 nitrogen and oxygen atoms in total. The van der Waals surface area contributed by atoms with Gasteiger partial charge in [-0.2, -0.15) is 0 Å². The summed E-state index contributed by atoms with van der Waals surface area (Å²) in [6.07, 6.45) is 2.15. The first kappa shape index (κ1) is 23.7. The molecule has 1 aliphatic heterocycles. The highest BCUT2D eigenvalue weighted by Crippen LogP contribution is 2.28. The third kappa shape index (κ3) is 5.96. The number of halogens is 2. The molecule has 1 aromatic heterocycles. The van der Waals surface area contributed by atoms with Gasteiger partial charge >= 0.3 is 0 Å². The summed E-state index contributed by atoms with van der Waals surface area (Å²) in [5.74, 6) is 0.998. The van der Waals surface area contributed by atoms with Crippen LogP contribution in [0.2, 0.25) is 5.02 Å². The van der Waals surface area contributed by atoms with Gasteiger partial charge in [-0.15, -0.1) is 10.2 Å². The molecule has 3 aromatic carbocycles. The monoisotopic (exact) mass is 490 g/mol. The second-order valence-electron chi connectivity index (χ2n) is 9.02. The van der Waals surface area contributed by atoms with Crippen molar-refractivity contribution in [2.75, 3.05) is 19.6 Å². The number of nitrogens with zero attached hydrogens (tertiary/aromatic N) is 3. The summed E-state index contributed by atoms with van der Waals surface area (Å²) >= 11 is 6.01. The lowest BCUT2D eigenvalue weighted by atomic mass is 9.95. The van der Waals surface area contributed by atoms with Crippen LogP contribution in [0.3, 0.4) is 0 Å². The first-order valence-electron chi connectivity index (χ1n) is 12.0. The Morgan fingerprint density at radius 2 is 1.66 bits per heavy atom. The van der Waals surface area contributed by atoms with E-state index in [4.69, 9.17) is 16.0 Å². The summed E-state index contributed by atoms with van der Waals surface area (Å²) in [4.78, 5) is 2.47. The van der Waals surface area contributed by atoms with Gasteiger partial charge in [0.15, 0.2) is 0 Å². The summed E-state index contributed by atoms with van der Waals surface area (Å²) < 4.78 is 20.8. The molecule has 35 heavy (non-hydrogen) atoms. The van der Waals surface area contributed by atoms with Gasteiger partial charge < -0.3 is 9.73 Å². The molecule has 1 fully saturated rings. The number of nitrogens with one attached hydrogen (secondary N) is 1. The molecule has 0 radical (unpaired) electrons. The quantitative estimate of drug-likeness (QED) is 0.322. The Morgan fingerprint density at radius 3 is 2.40 bits per heavy atom. The fraction of sp³-hybridized carbons (Fsp3) is 0.286. The molecule has 0 saturated carbocycles. The van der Waals surface area contributed by atoms with E-state index < -0.39 is 6.04 Å². The Hall–Kier alpha value is -3.06. The van der Waals surface area contributed by atoms with Gasteiger partial charge in [0.25, 0.3) is 0 Å². The molecule has 1 N–H and O–H groups in total. The highest BCUT2D eigenvalue weighted by molar-refractivity contribution is 6.30. The molecule has 0 aliphatic carbocycles. The second kappa shape index (κ2) is 11.1. The van der Waals surface area contributed by atoms with Crippen LogP contribution in [0.25, 0.3) is 11.5 Å². The van der Waals surface area contributed by atoms with E-state index in [9.17, 15) is 4.39 Å². The van der Waals surface area contributed by atoms with Crippen LogP contribution in [-0.4, -0.2) is 34.7 Å². The van der Waals surface area contributed by atoms with Crippen molar-refractivity contribution >= 4 is 11.6 Å². The average Bonchev–Trinajstić information content (AvgIpc) is 3.38. The molecule has 5 rings (SSSR count). The first-order chi connectivity index (χ1) is 17.2. The van der Waals surface area contributed by atoms with E-state index in [0.717, 1.165) is 49.6 Å². The van der Waals surface area contributed by atoms with Gasteiger partial charge in [-0.1, -0.05) is 60.1 Å². The Labute approximate surface area is 209 Å². The Kier molecular flexibility index (Phi) is 7.52. The predicted octanol–water partition coefficient (Wildman–Crippen LogP) is 6.12. The fourth-order valence-electron chi connectivity index (χ4n) is 4.57. The summed E-state index contributed by atoms with van der Waals surface area (Å²) in [6.45, 7) is 3.73. The van der Waals surface area contributed by atoms with Crippen LogP contribution in [-0.2, 0) is 6.54 Å². The van der Waals surface area contributed by atoms with E-state index in [-0.39, 0.29) is 5.82 Å². The predicted molar refractivity (Wildman–Crippen MR) is 135 cm³/mol. The van der Waals surface area contributed by atoms with Gasteiger partial charge in [0, 0.05) is 22.7 Å². The third-order valence-electron chi connectivity index (χ3n) is 6.56. The smallest absolute Gasteiger partial charge is 0.247 e. The van der Waals surface area contributed by atoms with Crippen molar-refractivity contribution < 1.29 is 8.81 Å². The van der Waals surface area contributed by atoms with Gasteiger partial charge in [0.1, 0.15) is 11.9 Å². The molecule has 1 aliphatic rings. The van der Waals surface area contributed by atoms with E-state index in [1.54, 1.807) is 12.1 Å². The zero-order valence-corrected chi connectivity index (χ0v) is 20.2. The lowest BCUT2D eigenvalue weighted by molar-refractivity contribution is 0.173. The lowest BCUT2D eigenvalue weighted by Crippen LogP contribution is -2.38. The van der Waals surface area contributed by atoms with E-state index in [2.05, 4.69) is 32.5 Å². The number of benzene rings is 3. The fourth-order valence-corrected chi connectivity index (χ4v) is 4.70. The minimum atomic E-state index is -0.506. The van der Waals surface area contributed by atoms with Crippen molar-refractivity contribution in [1.29, 1.82) is 0 Å². The van der Waals surface area contributed by atoms with Gasteiger partial charge in [0.05, 0.1) is 0 Å². The molecule has 180 valence electrons. The Morgan fingerprint density at radius 1 is 0.943 bits per heavy atom. The van der Waals surface area contributed by atoms with Crippen molar-refractivity contribution in [2.24, 2.45) is 5.92 Å². The normalized spacial score (nSPS) is 15.8. The Balaban J connectivity index is 1.24. The zero-order valence-electron chi connectivity index (χ0n) is 19.4. The highest BCUT2D eigenvalue weighted by Gasteiger charge is 2.26. The van der Waals surface area contributed by atoms with E-state index in [0.29, 0.717) is 23.3 Å². The molecule has 1 atom stereocenters. The molecule has 4 aromatic rings. The number of rotatable bonds is 8. The van der Waals surface area contributed by atoms with E-state index in [1.807, 2.05) is 48.5 Å². The molecule has 0 bridgehead atoms. The molecular formula is C28H28ClFN4O. The van der Waals surface area contributed by atoms with Crippen molar-refractivity contribution in [3.05, 3.63) is 107 Å². The van der Waals surface area contributed by atoms with Gasteiger partial charge in [-0.25, -0.2) is 4.39 Å². The van der Waals surface area contributed by atoms with Crippen molar-refractivity contribution in [1.82, 2.24) is 20.4 Å². The zero-order chi connectivity index (χ0) is 24.0. The largest absolute Gasteiger partial charge is 0.419 e. The van der Waals surface area contributed by atoms with E-state index >= 15 is 0 Å². The third-order valence-corrected chi connectivity index (χ3v) is 6.81. The molecule has 0 spiro atoms. The van der Waals surface area contributed by atoms with Crippen LogP contribution in [0, 0.1) is 11.7 Å². The van der Waals surface area contributed by atoms with Gasteiger partial charge in [-0.05, 0) is 74.3 Å². The van der Waals surface area contributed by atoms with Crippen LogP contribution in [0.5, 0.6) is 0 Å². The number of hydrogen-bond donors (Lipinski definition) is 1. The Bertz CT molecular complexity index is 1220. The number of likely N-dealkylation sites (tertiary alicyclic amines) is 1. The summed E-state index contributed by atoms with van der Waals surface area (Å²) in [7, 11) is 0. The maximum absolute atomic E-state index is 14.8. The second-order valence-corrected chi connectivity index (χ2v) is 9.46. The molecule has 7 heteroatoms. The summed E-state index contributed by atoms with van der Waals surface area (Å²) in [5.41, 5.74) is 2.62. The maximum atomic E-state index is 14.8. The van der Waals surface area contributed by atoms with Crippen molar-refractivity contribution in [3.63, 3.8) is 0 Å². The SMILES string of the molecule is Fc1ccccc1[C@H](NCC1CCN(Cc2ccc(Cl)cc2)CC1)c1nnc(-c2ccccc2)o1. The van der Waals surface area contributed by atoms with Gasteiger partial charge in [0.2, 0.25) is 11.8 Å². The van der Waals surface area contributed by atoms with E-state index in [1.165, 1.54) is 11.6 Å². The topological polar surface area (TPSA) is 54.2 Å². The van der Waals surface area contributed by atoms with Crippen molar-refractivity contribution in [3.8, 4) is 11.5 Å². The highest BCUT2D eigenvalue weighted by atomic mass is 35.5. The number of hydrogen-bond acceptors (Lipinski definition) is 5. The summed E-state index contributed by atoms with van der Waals surface area (Å²) in [6, 6.07) is 23.9. The molecule has 1 saturated heterocycles. The van der Waals surface area contributed by atoms with Crippen LogP contribution in [0.1, 0.15) is 35.9 Å². The number of aromatic nitrogens is 2. The maximum Gasteiger partial charge on any atom is 0.247 e.